The Morgan fingerprint density at radius 1 is 1.04 bits per heavy atom. The second-order valence-electron chi connectivity index (χ2n) is 6.29. The van der Waals surface area contributed by atoms with Crippen LogP contribution in [-0.2, 0) is 19.4 Å². The van der Waals surface area contributed by atoms with Crippen molar-refractivity contribution in [3.05, 3.63) is 58.7 Å². The molecule has 0 spiro atoms. The Kier molecular flexibility index (Phi) is 5.59. The van der Waals surface area contributed by atoms with Crippen molar-refractivity contribution in [3.8, 4) is 11.5 Å². The van der Waals surface area contributed by atoms with Gasteiger partial charge in [-0.2, -0.15) is 0 Å². The summed E-state index contributed by atoms with van der Waals surface area (Å²) < 4.78 is 10.9. The van der Waals surface area contributed by atoms with E-state index in [1.807, 2.05) is 37.3 Å². The van der Waals surface area contributed by atoms with Crippen LogP contribution in [0.1, 0.15) is 46.8 Å². The first kappa shape index (κ1) is 17.3. The fourth-order valence-electron chi connectivity index (χ4n) is 3.26. The summed E-state index contributed by atoms with van der Waals surface area (Å²) in [5.41, 5.74) is 4.43. The highest BCUT2D eigenvalue weighted by atomic mass is 16.5. The average molecular weight is 339 g/mol. The lowest BCUT2D eigenvalue weighted by Gasteiger charge is -2.16. The van der Waals surface area contributed by atoms with Gasteiger partial charge in [0.2, 0.25) is 0 Å². The Labute approximate surface area is 149 Å². The van der Waals surface area contributed by atoms with Crippen molar-refractivity contribution in [2.45, 2.75) is 39.2 Å². The summed E-state index contributed by atoms with van der Waals surface area (Å²) in [6.45, 7) is 2.96. The number of hydrogen-bond acceptors (Lipinski definition) is 3. The van der Waals surface area contributed by atoms with Gasteiger partial charge in [-0.1, -0.05) is 12.1 Å². The van der Waals surface area contributed by atoms with Gasteiger partial charge in [0.05, 0.1) is 13.7 Å². The third kappa shape index (κ3) is 4.13. The second-order valence-corrected chi connectivity index (χ2v) is 6.29. The van der Waals surface area contributed by atoms with E-state index in [-0.39, 0.29) is 5.91 Å². The summed E-state index contributed by atoms with van der Waals surface area (Å²) in [5, 5.41) is 2.99. The highest BCUT2D eigenvalue weighted by molar-refractivity contribution is 5.94. The van der Waals surface area contributed by atoms with Crippen molar-refractivity contribution >= 4 is 5.91 Å². The van der Waals surface area contributed by atoms with Crippen LogP contribution in [0.5, 0.6) is 11.5 Å². The molecule has 0 aromatic heterocycles. The van der Waals surface area contributed by atoms with Gasteiger partial charge in [0.15, 0.2) is 11.5 Å². The zero-order valence-corrected chi connectivity index (χ0v) is 14.9. The average Bonchev–Trinajstić information content (AvgIpc) is 2.66. The fraction of sp³-hybridized carbons (Fsp3) is 0.381. The molecule has 0 saturated carbocycles. The molecule has 2 aromatic rings. The van der Waals surface area contributed by atoms with Crippen molar-refractivity contribution in [1.82, 2.24) is 5.32 Å². The number of ether oxygens (including phenoxy) is 2. The smallest absolute Gasteiger partial charge is 0.251 e. The highest BCUT2D eigenvalue weighted by Crippen LogP contribution is 2.28. The number of rotatable bonds is 6. The first-order chi connectivity index (χ1) is 12.2. The summed E-state index contributed by atoms with van der Waals surface area (Å²) in [6, 6.07) is 11.8. The van der Waals surface area contributed by atoms with Crippen LogP contribution in [0.15, 0.2) is 36.4 Å². The Morgan fingerprint density at radius 2 is 1.84 bits per heavy atom. The molecule has 0 unspecified atom stereocenters. The summed E-state index contributed by atoms with van der Waals surface area (Å²) in [7, 11) is 1.62. The lowest BCUT2D eigenvalue weighted by Crippen LogP contribution is -2.23. The van der Waals surface area contributed by atoms with Gasteiger partial charge in [-0.05, 0) is 73.6 Å². The number of aryl methyl sites for hydroxylation is 2. The maximum Gasteiger partial charge on any atom is 0.251 e. The topological polar surface area (TPSA) is 47.6 Å². The first-order valence-electron chi connectivity index (χ1n) is 8.91. The number of methoxy groups -OCH3 is 1. The molecular formula is C21H25NO3. The minimum Gasteiger partial charge on any atom is -0.493 e. The molecule has 3 rings (SSSR count). The van der Waals surface area contributed by atoms with Gasteiger partial charge in [-0.15, -0.1) is 0 Å². The molecule has 2 aromatic carbocycles. The molecule has 0 saturated heterocycles. The molecule has 0 fully saturated rings. The van der Waals surface area contributed by atoms with Crippen molar-refractivity contribution in [2.75, 3.05) is 13.7 Å². The van der Waals surface area contributed by atoms with Crippen LogP contribution in [0.3, 0.4) is 0 Å². The van der Waals surface area contributed by atoms with E-state index >= 15 is 0 Å². The van der Waals surface area contributed by atoms with E-state index in [9.17, 15) is 4.79 Å². The van der Waals surface area contributed by atoms with Gasteiger partial charge >= 0.3 is 0 Å². The summed E-state index contributed by atoms with van der Waals surface area (Å²) in [5.74, 6) is 1.36. The number of nitrogens with one attached hydrogen (secondary N) is 1. The number of fused-ring (bicyclic) bond motifs is 1. The first-order valence-corrected chi connectivity index (χ1v) is 8.91. The van der Waals surface area contributed by atoms with Crippen molar-refractivity contribution in [3.63, 3.8) is 0 Å². The SMILES string of the molecule is CCOc1cc(CNC(=O)c2ccc3c(c2)CCCC3)ccc1OC. The Morgan fingerprint density at radius 3 is 2.60 bits per heavy atom. The third-order valence-electron chi connectivity index (χ3n) is 4.59. The number of carbonyl (C=O) groups is 1. The number of hydrogen-bond donors (Lipinski definition) is 1. The van der Waals surface area contributed by atoms with Gasteiger partial charge < -0.3 is 14.8 Å². The molecule has 4 heteroatoms. The van der Waals surface area contributed by atoms with E-state index < -0.39 is 0 Å². The molecule has 132 valence electrons. The fourth-order valence-corrected chi connectivity index (χ4v) is 3.26. The minimum absolute atomic E-state index is 0.0397. The lowest BCUT2D eigenvalue weighted by atomic mass is 9.90. The third-order valence-corrected chi connectivity index (χ3v) is 4.59. The van der Waals surface area contributed by atoms with E-state index in [2.05, 4.69) is 11.4 Å². The van der Waals surface area contributed by atoms with Crippen molar-refractivity contribution in [1.29, 1.82) is 0 Å². The number of amides is 1. The molecule has 0 heterocycles. The molecule has 0 bridgehead atoms. The summed E-state index contributed by atoms with van der Waals surface area (Å²) in [6.07, 6.45) is 4.66. The largest absolute Gasteiger partial charge is 0.493 e. The van der Waals surface area contributed by atoms with E-state index in [0.29, 0.717) is 24.7 Å². The monoisotopic (exact) mass is 339 g/mol. The van der Waals surface area contributed by atoms with Crippen molar-refractivity contribution < 1.29 is 14.3 Å². The standard InChI is InChI=1S/C21H25NO3/c1-3-25-20-12-15(8-11-19(20)24-2)14-22-21(23)18-10-9-16-6-4-5-7-17(16)13-18/h8-13H,3-7,14H2,1-2H3,(H,22,23). The maximum atomic E-state index is 12.5. The van der Waals surface area contributed by atoms with E-state index in [4.69, 9.17) is 9.47 Å². The predicted octanol–water partition coefficient (Wildman–Crippen LogP) is 3.90. The summed E-state index contributed by atoms with van der Waals surface area (Å²) >= 11 is 0. The van der Waals surface area contributed by atoms with Crippen LogP contribution < -0.4 is 14.8 Å². The van der Waals surface area contributed by atoms with Crippen LogP contribution in [0.25, 0.3) is 0 Å². The molecular weight excluding hydrogens is 314 g/mol. The van der Waals surface area contributed by atoms with Crippen LogP contribution in [0, 0.1) is 0 Å². The lowest BCUT2D eigenvalue weighted by molar-refractivity contribution is 0.0950. The predicted molar refractivity (Wildman–Crippen MR) is 98.4 cm³/mol. The van der Waals surface area contributed by atoms with Crippen LogP contribution in [0.2, 0.25) is 0 Å². The van der Waals surface area contributed by atoms with Gasteiger partial charge in [0.25, 0.3) is 5.91 Å². The molecule has 1 amide bonds. The minimum atomic E-state index is -0.0397. The number of carbonyl (C=O) groups excluding carboxylic acids is 1. The Hall–Kier alpha value is -2.49. The van der Waals surface area contributed by atoms with Gasteiger partial charge in [-0.3, -0.25) is 4.79 Å². The zero-order valence-electron chi connectivity index (χ0n) is 14.9. The normalized spacial score (nSPS) is 13.0. The second kappa shape index (κ2) is 8.06. The molecule has 0 radical (unpaired) electrons. The van der Waals surface area contributed by atoms with Gasteiger partial charge in [0, 0.05) is 12.1 Å². The molecule has 25 heavy (non-hydrogen) atoms. The number of benzene rings is 2. The zero-order chi connectivity index (χ0) is 17.6. The molecule has 0 aliphatic heterocycles. The van der Waals surface area contributed by atoms with Crippen molar-refractivity contribution in [2.24, 2.45) is 0 Å². The van der Waals surface area contributed by atoms with E-state index in [0.717, 1.165) is 24.0 Å². The Balaban J connectivity index is 1.67. The molecule has 1 aliphatic rings. The quantitative estimate of drug-likeness (QED) is 0.868. The van der Waals surface area contributed by atoms with Gasteiger partial charge in [-0.25, -0.2) is 0 Å². The van der Waals surface area contributed by atoms with Crippen LogP contribution in [-0.4, -0.2) is 19.6 Å². The van der Waals surface area contributed by atoms with Gasteiger partial charge in [0.1, 0.15) is 0 Å². The Bertz CT molecular complexity index is 755. The molecule has 0 atom stereocenters. The summed E-state index contributed by atoms with van der Waals surface area (Å²) in [4.78, 5) is 12.5. The van der Waals surface area contributed by atoms with E-state index in [1.54, 1.807) is 7.11 Å². The van der Waals surface area contributed by atoms with Crippen LogP contribution >= 0.6 is 0 Å². The molecule has 4 nitrogen and oxygen atoms in total. The molecule has 1 N–H and O–H groups in total. The van der Waals surface area contributed by atoms with Crippen LogP contribution in [0.4, 0.5) is 0 Å². The highest BCUT2D eigenvalue weighted by Gasteiger charge is 2.13. The molecule has 1 aliphatic carbocycles. The van der Waals surface area contributed by atoms with E-state index in [1.165, 1.54) is 24.0 Å². The maximum absolute atomic E-state index is 12.5.